The van der Waals surface area contributed by atoms with Gasteiger partial charge in [-0.25, -0.2) is 13.2 Å². The molecule has 0 N–H and O–H groups in total. The molecule has 0 bridgehead atoms. The van der Waals surface area contributed by atoms with E-state index in [1.165, 1.54) is 18.2 Å². The van der Waals surface area contributed by atoms with Crippen molar-refractivity contribution in [1.29, 1.82) is 0 Å². The van der Waals surface area contributed by atoms with Gasteiger partial charge in [0.1, 0.15) is 10.1 Å². The maximum atomic E-state index is 12.7. The van der Waals surface area contributed by atoms with E-state index in [1.54, 1.807) is 0 Å². The van der Waals surface area contributed by atoms with Gasteiger partial charge in [0.2, 0.25) is 0 Å². The average molecular weight is 364 g/mol. The summed E-state index contributed by atoms with van der Waals surface area (Å²) in [6.45, 7) is 12.1. The first-order valence-electron chi connectivity index (χ1n) is 7.72. The van der Waals surface area contributed by atoms with Crippen molar-refractivity contribution < 1.29 is 41.1 Å². The van der Waals surface area contributed by atoms with Crippen LogP contribution in [0.5, 0.6) is 0 Å². The van der Waals surface area contributed by atoms with E-state index in [0.29, 0.717) is 0 Å². The molecule has 0 aliphatic rings. The molecule has 8 heteroatoms. The van der Waals surface area contributed by atoms with Crippen molar-refractivity contribution in [3.05, 3.63) is 29.8 Å². The van der Waals surface area contributed by atoms with Gasteiger partial charge < -0.3 is 8.98 Å². The Labute approximate surface area is 158 Å². The first-order chi connectivity index (χ1) is 10.4. The molecule has 5 nitrogen and oxygen atoms in total. The number of carbonyl (C=O) groups is 1. The van der Waals surface area contributed by atoms with Gasteiger partial charge in [-0.1, -0.05) is 53.7 Å². The standard InChI is InChI=1S/C16H26O5SSi.Li/c1-11(2)23(12(3)4,13(5)6)21-16(17)14-9-7-8-10-15(14)22(18,19)20;/h7-13H,1-6H3,(H,18,19,20);/q;+1/p-1. The first kappa shape index (κ1) is 23.4. The molecule has 0 aromatic heterocycles. The van der Waals surface area contributed by atoms with Crippen LogP contribution in [-0.2, 0) is 14.5 Å². The Morgan fingerprint density at radius 2 is 1.42 bits per heavy atom. The van der Waals surface area contributed by atoms with Crippen molar-refractivity contribution in [3.63, 3.8) is 0 Å². The molecular weight excluding hydrogens is 339 g/mol. The minimum atomic E-state index is -4.73. The third kappa shape index (κ3) is 4.73. The largest absolute Gasteiger partial charge is 1.00 e. The summed E-state index contributed by atoms with van der Waals surface area (Å²) in [5, 5.41) is 0. The van der Waals surface area contributed by atoms with Gasteiger partial charge in [0, 0.05) is 0 Å². The third-order valence-electron chi connectivity index (χ3n) is 4.35. The molecule has 1 rings (SSSR count). The fourth-order valence-corrected chi connectivity index (χ4v) is 9.23. The van der Waals surface area contributed by atoms with Gasteiger partial charge in [-0.15, -0.1) is 0 Å². The van der Waals surface area contributed by atoms with E-state index in [4.69, 9.17) is 4.43 Å². The average Bonchev–Trinajstić information content (AvgIpc) is 2.42. The molecule has 0 atom stereocenters. The molecule has 130 valence electrons. The predicted octanol–water partition coefficient (Wildman–Crippen LogP) is 0.927. The van der Waals surface area contributed by atoms with Gasteiger partial charge >= 0.3 is 24.8 Å². The molecule has 0 fully saturated rings. The minimum absolute atomic E-state index is 0. The molecule has 0 saturated carbocycles. The zero-order chi connectivity index (χ0) is 18.0. The van der Waals surface area contributed by atoms with Crippen molar-refractivity contribution in [2.75, 3.05) is 0 Å². The fraction of sp³-hybridized carbons (Fsp3) is 0.562. The van der Waals surface area contributed by atoms with Crippen LogP contribution >= 0.6 is 0 Å². The quantitative estimate of drug-likeness (QED) is 0.554. The monoisotopic (exact) mass is 364 g/mol. The molecule has 0 spiro atoms. The Hall–Kier alpha value is -0.586. The van der Waals surface area contributed by atoms with Crippen molar-refractivity contribution in [3.8, 4) is 0 Å². The summed E-state index contributed by atoms with van der Waals surface area (Å²) >= 11 is 0. The van der Waals surface area contributed by atoms with Gasteiger partial charge in [-0.3, -0.25) is 0 Å². The number of rotatable bonds is 6. The van der Waals surface area contributed by atoms with Crippen LogP contribution in [-0.4, -0.2) is 27.3 Å². The van der Waals surface area contributed by atoms with E-state index in [0.717, 1.165) is 6.07 Å². The summed E-state index contributed by atoms with van der Waals surface area (Å²) in [6, 6.07) is 5.41. The summed E-state index contributed by atoms with van der Waals surface area (Å²) in [5.74, 6) is -0.720. The van der Waals surface area contributed by atoms with E-state index in [1.807, 2.05) is 41.5 Å². The molecule has 0 aliphatic carbocycles. The Bertz CT molecular complexity index is 649. The van der Waals surface area contributed by atoms with Crippen LogP contribution in [0.1, 0.15) is 51.9 Å². The van der Waals surface area contributed by atoms with Crippen LogP contribution in [0.3, 0.4) is 0 Å². The molecule has 24 heavy (non-hydrogen) atoms. The summed E-state index contributed by atoms with van der Waals surface area (Å²) in [4.78, 5) is 12.1. The Morgan fingerprint density at radius 3 is 1.79 bits per heavy atom. The molecule has 1 aromatic rings. The zero-order valence-electron chi connectivity index (χ0n) is 15.5. The SMILES string of the molecule is CC(C)[Si](OC(=O)c1ccccc1S(=O)(=O)[O-])(C(C)C)C(C)C.[Li+]. The van der Waals surface area contributed by atoms with Crippen LogP contribution in [0, 0.1) is 0 Å². The fourth-order valence-electron chi connectivity index (χ4n) is 3.42. The van der Waals surface area contributed by atoms with Crippen molar-refractivity contribution in [2.24, 2.45) is 0 Å². The van der Waals surface area contributed by atoms with Crippen LogP contribution < -0.4 is 18.9 Å². The van der Waals surface area contributed by atoms with E-state index in [2.05, 4.69) is 0 Å². The van der Waals surface area contributed by atoms with E-state index < -0.39 is 29.3 Å². The number of benzene rings is 1. The van der Waals surface area contributed by atoms with Gasteiger partial charge in [-0.05, 0) is 28.8 Å². The number of hydrogen-bond acceptors (Lipinski definition) is 5. The van der Waals surface area contributed by atoms with Gasteiger partial charge in [-0.2, -0.15) is 0 Å². The van der Waals surface area contributed by atoms with E-state index in [9.17, 15) is 17.8 Å². The molecule has 1 aromatic carbocycles. The zero-order valence-corrected chi connectivity index (χ0v) is 17.3. The summed E-state index contributed by atoms with van der Waals surface area (Å²) in [7, 11) is -7.23. The summed E-state index contributed by atoms with van der Waals surface area (Å²) in [6.07, 6.45) is 0. The molecule has 0 amide bonds. The first-order valence-corrected chi connectivity index (χ1v) is 11.3. The Balaban J connectivity index is 0.00000529. The van der Waals surface area contributed by atoms with Crippen molar-refractivity contribution in [1.82, 2.24) is 0 Å². The van der Waals surface area contributed by atoms with Crippen LogP contribution in [0.25, 0.3) is 0 Å². The van der Waals surface area contributed by atoms with Crippen LogP contribution in [0.2, 0.25) is 16.6 Å². The second kappa shape index (κ2) is 8.68. The maximum absolute atomic E-state index is 12.7. The second-order valence-electron chi connectivity index (χ2n) is 6.66. The second-order valence-corrected chi connectivity index (χ2v) is 13.4. The summed E-state index contributed by atoms with van der Waals surface area (Å²) < 4.78 is 40.1. The summed E-state index contributed by atoms with van der Waals surface area (Å²) in [5.41, 5.74) is 0.328. The van der Waals surface area contributed by atoms with Gasteiger partial charge in [0.15, 0.2) is 0 Å². The molecule has 0 saturated heterocycles. The predicted molar refractivity (Wildman–Crippen MR) is 90.9 cm³/mol. The molecular formula is C16H25LiO5SSi. The maximum Gasteiger partial charge on any atom is 1.00 e. The Morgan fingerprint density at radius 1 is 1.00 bits per heavy atom. The third-order valence-corrected chi connectivity index (χ3v) is 11.2. The molecule has 0 aliphatic heterocycles. The van der Waals surface area contributed by atoms with Crippen molar-refractivity contribution >= 4 is 24.4 Å². The smallest absolute Gasteiger partial charge is 0.744 e. The molecule has 0 heterocycles. The van der Waals surface area contributed by atoms with Gasteiger partial charge in [0.25, 0.3) is 8.32 Å². The van der Waals surface area contributed by atoms with E-state index >= 15 is 0 Å². The van der Waals surface area contributed by atoms with E-state index in [-0.39, 0.29) is 41.0 Å². The van der Waals surface area contributed by atoms with Crippen LogP contribution in [0.4, 0.5) is 0 Å². The number of carbonyl (C=O) groups excluding carboxylic acids is 1. The topological polar surface area (TPSA) is 83.5 Å². The van der Waals surface area contributed by atoms with Crippen molar-refractivity contribution in [2.45, 2.75) is 63.1 Å². The van der Waals surface area contributed by atoms with Gasteiger partial charge in [0.05, 0.1) is 10.5 Å². The molecule has 0 radical (unpaired) electrons. The molecule has 0 unspecified atom stereocenters. The normalized spacial score (nSPS) is 12.4. The Kier molecular flexibility index (Phi) is 8.47. The van der Waals surface area contributed by atoms with Crippen LogP contribution in [0.15, 0.2) is 29.2 Å². The minimum Gasteiger partial charge on any atom is -0.744 e. The number of hydrogen-bond donors (Lipinski definition) is 0.